The molecule has 4 aromatic rings. The van der Waals surface area contributed by atoms with Crippen LogP contribution >= 0.6 is 11.6 Å². The second kappa shape index (κ2) is 13.2. The molecule has 13 heteroatoms. The van der Waals surface area contributed by atoms with Crippen molar-refractivity contribution in [3.05, 3.63) is 83.5 Å². The van der Waals surface area contributed by atoms with Crippen LogP contribution in [0.15, 0.2) is 67.3 Å². The molecule has 0 spiro atoms. The Bertz CT molecular complexity index is 1630. The summed E-state index contributed by atoms with van der Waals surface area (Å²) in [5.41, 5.74) is 1.90. The van der Waals surface area contributed by atoms with Crippen LogP contribution < -0.4 is 24.4 Å². The molecule has 2 aliphatic heterocycles. The van der Waals surface area contributed by atoms with Crippen LogP contribution in [0.3, 0.4) is 0 Å². The van der Waals surface area contributed by atoms with Gasteiger partial charge in [-0.15, -0.1) is 0 Å². The number of piperazine rings is 1. The molecule has 44 heavy (non-hydrogen) atoms. The number of imidazole rings is 1. The zero-order valence-electron chi connectivity index (χ0n) is 24.2. The van der Waals surface area contributed by atoms with Gasteiger partial charge in [-0.2, -0.15) is 4.98 Å². The van der Waals surface area contributed by atoms with Crippen LogP contribution in [-0.4, -0.2) is 82.4 Å². The van der Waals surface area contributed by atoms with Crippen molar-refractivity contribution in [2.45, 2.75) is 25.3 Å². The second-order valence-corrected chi connectivity index (χ2v) is 10.9. The Labute approximate surface area is 259 Å². The number of nitrogens with zero attached hydrogens (tertiary/aromatic N) is 6. The van der Waals surface area contributed by atoms with E-state index in [0.29, 0.717) is 55.9 Å². The number of ether oxygens (including phenoxy) is 3. The molecule has 228 valence electrons. The summed E-state index contributed by atoms with van der Waals surface area (Å²) >= 11 is 6.41. The summed E-state index contributed by atoms with van der Waals surface area (Å²) in [5, 5.41) is 3.30. The predicted molar refractivity (Wildman–Crippen MR) is 162 cm³/mol. The summed E-state index contributed by atoms with van der Waals surface area (Å²) in [5.74, 6) is 2.87. The average molecular weight is 618 g/mol. The number of fused-ring (bicyclic) bond motifs is 1. The smallest absolute Gasteiger partial charge is 0.238 e. The Morgan fingerprint density at radius 3 is 2.80 bits per heavy atom. The molecule has 2 aromatic heterocycles. The number of hydrogen-bond acceptors (Lipinski definition) is 9. The van der Waals surface area contributed by atoms with E-state index in [0.717, 1.165) is 16.9 Å². The number of benzene rings is 2. The fourth-order valence-electron chi connectivity index (χ4n) is 5.39. The maximum atomic E-state index is 13.5. The minimum atomic E-state index is -0.345. The number of methoxy groups -OCH3 is 1. The van der Waals surface area contributed by atoms with Gasteiger partial charge in [0.25, 0.3) is 0 Å². The van der Waals surface area contributed by atoms with Crippen molar-refractivity contribution in [1.82, 2.24) is 29.7 Å². The van der Waals surface area contributed by atoms with Gasteiger partial charge in [0, 0.05) is 51.1 Å². The van der Waals surface area contributed by atoms with Crippen molar-refractivity contribution in [3.8, 4) is 23.2 Å². The van der Waals surface area contributed by atoms with Gasteiger partial charge >= 0.3 is 0 Å². The monoisotopic (exact) mass is 617 g/mol. The lowest BCUT2D eigenvalue weighted by Crippen LogP contribution is -2.56. The van der Waals surface area contributed by atoms with Gasteiger partial charge < -0.3 is 29.3 Å². The molecule has 1 saturated heterocycles. The molecule has 2 aromatic carbocycles. The van der Waals surface area contributed by atoms with Gasteiger partial charge in [-0.1, -0.05) is 29.8 Å². The van der Waals surface area contributed by atoms with E-state index in [1.54, 1.807) is 41.4 Å². The van der Waals surface area contributed by atoms with Gasteiger partial charge in [0.1, 0.15) is 23.0 Å². The third-order valence-corrected chi connectivity index (χ3v) is 7.81. The van der Waals surface area contributed by atoms with Crippen molar-refractivity contribution < 1.29 is 23.8 Å². The Balaban J connectivity index is 1.17. The minimum Gasteiger partial charge on any atom is -0.497 e. The van der Waals surface area contributed by atoms with E-state index in [9.17, 15) is 9.59 Å². The lowest BCUT2D eigenvalue weighted by atomic mass is 10.1. The van der Waals surface area contributed by atoms with Gasteiger partial charge in [0.05, 0.1) is 19.6 Å². The van der Waals surface area contributed by atoms with Crippen LogP contribution in [-0.2, 0) is 22.4 Å². The Morgan fingerprint density at radius 2 is 1.95 bits per heavy atom. The highest BCUT2D eigenvalue weighted by atomic mass is 35.5. The van der Waals surface area contributed by atoms with Crippen molar-refractivity contribution in [2.75, 3.05) is 45.0 Å². The Kier molecular flexibility index (Phi) is 8.78. The summed E-state index contributed by atoms with van der Waals surface area (Å²) in [4.78, 5) is 43.7. The number of nitrogens with one attached hydrogen (secondary N) is 1. The maximum Gasteiger partial charge on any atom is 0.238 e. The van der Waals surface area contributed by atoms with Crippen LogP contribution in [0.5, 0.6) is 17.2 Å². The molecule has 12 nitrogen and oxygen atoms in total. The van der Waals surface area contributed by atoms with Crippen LogP contribution in [0.1, 0.15) is 17.5 Å². The highest BCUT2D eigenvalue weighted by Crippen LogP contribution is 2.33. The Morgan fingerprint density at radius 1 is 1.07 bits per heavy atom. The van der Waals surface area contributed by atoms with Gasteiger partial charge in [-0.25, -0.2) is 9.97 Å². The zero-order valence-corrected chi connectivity index (χ0v) is 24.9. The number of halogens is 1. The molecule has 4 heterocycles. The molecule has 0 radical (unpaired) electrons. The van der Waals surface area contributed by atoms with Crippen LogP contribution in [0.4, 0.5) is 5.82 Å². The second-order valence-electron chi connectivity index (χ2n) is 10.5. The first kappa shape index (κ1) is 29.2. The van der Waals surface area contributed by atoms with Crippen molar-refractivity contribution in [2.24, 2.45) is 0 Å². The third kappa shape index (κ3) is 6.86. The summed E-state index contributed by atoms with van der Waals surface area (Å²) in [6, 6.07) is 14.6. The van der Waals surface area contributed by atoms with E-state index in [2.05, 4.69) is 15.3 Å². The number of hydrogen-bond donors (Lipinski definition) is 1. The summed E-state index contributed by atoms with van der Waals surface area (Å²) < 4.78 is 17.8. The van der Waals surface area contributed by atoms with E-state index in [-0.39, 0.29) is 42.6 Å². The van der Waals surface area contributed by atoms with Crippen LogP contribution in [0.2, 0.25) is 5.15 Å². The molecular weight excluding hydrogens is 586 g/mol. The van der Waals surface area contributed by atoms with Crippen molar-refractivity contribution in [3.63, 3.8) is 0 Å². The van der Waals surface area contributed by atoms with Gasteiger partial charge in [0.2, 0.25) is 24.6 Å². The first-order valence-electron chi connectivity index (χ1n) is 14.3. The van der Waals surface area contributed by atoms with E-state index in [1.807, 2.05) is 47.4 Å². The summed E-state index contributed by atoms with van der Waals surface area (Å²) in [6.07, 6.45) is 5.99. The quantitative estimate of drug-likeness (QED) is 0.267. The first-order valence-corrected chi connectivity index (χ1v) is 14.7. The normalized spacial score (nSPS) is 15.7. The van der Waals surface area contributed by atoms with Gasteiger partial charge in [-0.05, 0) is 41.8 Å². The molecular formula is C31H32ClN7O5. The van der Waals surface area contributed by atoms with Gasteiger partial charge in [0.15, 0.2) is 11.5 Å². The van der Waals surface area contributed by atoms with Gasteiger partial charge in [-0.3, -0.25) is 14.2 Å². The molecule has 0 aliphatic carbocycles. The fourth-order valence-corrected chi connectivity index (χ4v) is 5.56. The number of aromatic nitrogens is 4. The summed E-state index contributed by atoms with van der Waals surface area (Å²) in [6.45, 7) is 1.91. The highest BCUT2D eigenvalue weighted by Gasteiger charge is 2.32. The molecule has 1 atom stereocenters. The molecule has 1 unspecified atom stereocenters. The standard InChI is InChI=1S/C31H32ClN7O5/c1-42-24-4-2-3-21(13-24)7-8-34-29(40)16-23-18-37(30(41)15-22-5-6-25-26(14-22)44-20-43-25)11-12-39(23)28-17-27(32)35-31(36-28)38-10-9-33-19-38/h2-6,9-10,13-14,17,19,23H,7-8,11-12,15-16,18,20H2,1H3,(H,34,40). The molecule has 0 bridgehead atoms. The largest absolute Gasteiger partial charge is 0.497 e. The van der Waals surface area contributed by atoms with E-state index in [4.69, 9.17) is 30.8 Å². The van der Waals surface area contributed by atoms with Crippen molar-refractivity contribution >= 4 is 29.2 Å². The number of carbonyl (C=O) groups is 2. The Hall–Kier alpha value is -4.84. The lowest BCUT2D eigenvalue weighted by molar-refractivity contribution is -0.132. The van der Waals surface area contributed by atoms with Crippen LogP contribution in [0.25, 0.3) is 5.95 Å². The van der Waals surface area contributed by atoms with E-state index in [1.165, 1.54) is 0 Å². The predicted octanol–water partition coefficient (Wildman–Crippen LogP) is 3.06. The molecule has 2 aliphatic rings. The fraction of sp³-hybridized carbons (Fsp3) is 0.323. The SMILES string of the molecule is COc1cccc(CCNC(=O)CC2CN(C(=O)Cc3ccc4c(c3)OCO4)CCN2c2cc(Cl)nc(-n3ccnc3)n2)c1. The topological polar surface area (TPSA) is 124 Å². The number of carbonyl (C=O) groups excluding carboxylic acids is 2. The lowest BCUT2D eigenvalue weighted by Gasteiger charge is -2.42. The molecule has 0 saturated carbocycles. The highest BCUT2D eigenvalue weighted by molar-refractivity contribution is 6.29. The maximum absolute atomic E-state index is 13.5. The molecule has 1 N–H and O–H groups in total. The zero-order chi connectivity index (χ0) is 30.5. The third-order valence-electron chi connectivity index (χ3n) is 7.62. The summed E-state index contributed by atoms with van der Waals surface area (Å²) in [7, 11) is 1.63. The molecule has 2 amide bonds. The molecule has 6 rings (SSSR count). The van der Waals surface area contributed by atoms with E-state index < -0.39 is 0 Å². The van der Waals surface area contributed by atoms with Crippen LogP contribution in [0, 0.1) is 0 Å². The first-order chi connectivity index (χ1) is 21.4. The minimum absolute atomic E-state index is 0.0354. The van der Waals surface area contributed by atoms with Crippen molar-refractivity contribution in [1.29, 1.82) is 0 Å². The van der Waals surface area contributed by atoms with E-state index >= 15 is 0 Å². The number of rotatable bonds is 10. The number of anilines is 1. The average Bonchev–Trinajstić information content (AvgIpc) is 3.74. The molecule has 1 fully saturated rings. The number of amides is 2.